The van der Waals surface area contributed by atoms with E-state index in [1.807, 2.05) is 18.2 Å². The zero-order valence-electron chi connectivity index (χ0n) is 8.11. The first-order valence-electron chi connectivity index (χ1n) is 4.93. The monoisotopic (exact) mass is 193 g/mol. The van der Waals surface area contributed by atoms with Crippen LogP contribution in [0.25, 0.3) is 0 Å². The van der Waals surface area contributed by atoms with Crippen molar-refractivity contribution in [3.05, 3.63) is 35.9 Å². The van der Waals surface area contributed by atoms with Gasteiger partial charge in [-0.2, -0.15) is 0 Å². The van der Waals surface area contributed by atoms with E-state index in [0.717, 1.165) is 26.3 Å². The van der Waals surface area contributed by atoms with Gasteiger partial charge in [-0.15, -0.1) is 0 Å². The molecule has 1 N–H and O–H groups in total. The summed E-state index contributed by atoms with van der Waals surface area (Å²) in [6.07, 6.45) is -0.0567. The molecule has 1 aromatic carbocycles. The highest BCUT2D eigenvalue weighted by Crippen LogP contribution is 2.02. The molecule has 1 aromatic rings. The fraction of sp³-hybridized carbons (Fsp3) is 0.455. The van der Waals surface area contributed by atoms with Crippen LogP contribution in [0.2, 0.25) is 0 Å². The predicted octanol–water partition coefficient (Wildman–Crippen LogP) is 1.15. The third-order valence-electron chi connectivity index (χ3n) is 2.17. The second-order valence-electron chi connectivity index (χ2n) is 3.29. The summed E-state index contributed by atoms with van der Waals surface area (Å²) in [4.78, 5) is 0. The molecule has 76 valence electrons. The van der Waals surface area contributed by atoms with Gasteiger partial charge in [0.25, 0.3) is 0 Å². The Balaban J connectivity index is 1.67. The smallest absolute Gasteiger partial charge is 0.170 e. The fourth-order valence-corrected chi connectivity index (χ4v) is 1.46. The van der Waals surface area contributed by atoms with Crippen LogP contribution in [0.3, 0.4) is 0 Å². The van der Waals surface area contributed by atoms with Crippen molar-refractivity contribution in [3.63, 3.8) is 0 Å². The van der Waals surface area contributed by atoms with Crippen molar-refractivity contribution < 1.29 is 9.47 Å². The van der Waals surface area contributed by atoms with Crippen molar-refractivity contribution in [1.82, 2.24) is 5.32 Å². The molecule has 14 heavy (non-hydrogen) atoms. The Morgan fingerprint density at radius 2 is 1.86 bits per heavy atom. The van der Waals surface area contributed by atoms with Gasteiger partial charge in [-0.1, -0.05) is 30.3 Å². The highest BCUT2D eigenvalue weighted by Gasteiger charge is 2.14. The number of ether oxygens (including phenoxy) is 2. The van der Waals surface area contributed by atoms with E-state index in [1.165, 1.54) is 5.56 Å². The van der Waals surface area contributed by atoms with Crippen LogP contribution >= 0.6 is 0 Å². The Kier molecular flexibility index (Phi) is 3.51. The standard InChI is InChI=1S/C11H15NO2/c1-2-4-10(5-3-1)8-12-9-11-13-6-7-14-11/h1-5,11-12H,6-9H2. The van der Waals surface area contributed by atoms with Crippen molar-refractivity contribution in [1.29, 1.82) is 0 Å². The number of hydrogen-bond donors (Lipinski definition) is 1. The third kappa shape index (κ3) is 2.80. The summed E-state index contributed by atoms with van der Waals surface area (Å²) in [5, 5.41) is 3.29. The lowest BCUT2D eigenvalue weighted by Crippen LogP contribution is -2.26. The summed E-state index contributed by atoms with van der Waals surface area (Å²) >= 11 is 0. The molecule has 0 saturated carbocycles. The van der Waals surface area contributed by atoms with Gasteiger partial charge in [0.05, 0.1) is 13.2 Å². The van der Waals surface area contributed by atoms with Crippen molar-refractivity contribution in [3.8, 4) is 0 Å². The molecule has 0 amide bonds. The Hall–Kier alpha value is -0.900. The first-order chi connectivity index (χ1) is 6.95. The molecular formula is C11H15NO2. The van der Waals surface area contributed by atoms with E-state index in [9.17, 15) is 0 Å². The van der Waals surface area contributed by atoms with Crippen LogP contribution in [0, 0.1) is 0 Å². The summed E-state index contributed by atoms with van der Waals surface area (Å²) in [7, 11) is 0. The SMILES string of the molecule is c1ccc(CNCC2OCCO2)cc1. The zero-order valence-corrected chi connectivity index (χ0v) is 8.11. The number of hydrogen-bond acceptors (Lipinski definition) is 3. The number of rotatable bonds is 4. The average molecular weight is 193 g/mol. The minimum Gasteiger partial charge on any atom is -0.349 e. The van der Waals surface area contributed by atoms with E-state index >= 15 is 0 Å². The highest BCUT2D eigenvalue weighted by molar-refractivity contribution is 5.14. The first-order valence-corrected chi connectivity index (χ1v) is 4.93. The summed E-state index contributed by atoms with van der Waals surface area (Å²) < 4.78 is 10.6. The van der Waals surface area contributed by atoms with Gasteiger partial charge in [-0.05, 0) is 5.56 Å². The molecule has 0 radical (unpaired) electrons. The maximum absolute atomic E-state index is 5.31. The van der Waals surface area contributed by atoms with Crippen LogP contribution in [-0.4, -0.2) is 26.0 Å². The van der Waals surface area contributed by atoms with Crippen LogP contribution in [0.1, 0.15) is 5.56 Å². The van der Waals surface area contributed by atoms with Gasteiger partial charge < -0.3 is 14.8 Å². The second-order valence-corrected chi connectivity index (χ2v) is 3.29. The highest BCUT2D eigenvalue weighted by atomic mass is 16.7. The molecule has 1 heterocycles. The Morgan fingerprint density at radius 1 is 1.14 bits per heavy atom. The largest absolute Gasteiger partial charge is 0.349 e. The van der Waals surface area contributed by atoms with Crippen LogP contribution in [0.4, 0.5) is 0 Å². The van der Waals surface area contributed by atoms with Crippen LogP contribution in [0.15, 0.2) is 30.3 Å². The molecule has 3 nitrogen and oxygen atoms in total. The molecule has 1 aliphatic rings. The van der Waals surface area contributed by atoms with Gasteiger partial charge in [-0.25, -0.2) is 0 Å². The van der Waals surface area contributed by atoms with Gasteiger partial charge in [0, 0.05) is 13.1 Å². The lowest BCUT2D eigenvalue weighted by Gasteiger charge is -2.09. The molecule has 0 atom stereocenters. The van der Waals surface area contributed by atoms with Crippen molar-refractivity contribution in [2.75, 3.05) is 19.8 Å². The number of benzene rings is 1. The fourth-order valence-electron chi connectivity index (χ4n) is 1.46. The summed E-state index contributed by atoms with van der Waals surface area (Å²) in [6.45, 7) is 3.06. The maximum Gasteiger partial charge on any atom is 0.170 e. The topological polar surface area (TPSA) is 30.5 Å². The lowest BCUT2D eigenvalue weighted by atomic mass is 10.2. The average Bonchev–Trinajstić information content (AvgIpc) is 2.72. The van der Waals surface area contributed by atoms with E-state index < -0.39 is 0 Å². The van der Waals surface area contributed by atoms with E-state index in [0.29, 0.717) is 0 Å². The molecule has 2 rings (SSSR count). The molecule has 0 unspecified atom stereocenters. The van der Waals surface area contributed by atoms with Crippen LogP contribution < -0.4 is 5.32 Å². The van der Waals surface area contributed by atoms with E-state index in [1.54, 1.807) is 0 Å². The summed E-state index contributed by atoms with van der Waals surface area (Å²) in [5.41, 5.74) is 1.28. The molecule has 0 bridgehead atoms. The maximum atomic E-state index is 5.31. The van der Waals surface area contributed by atoms with Gasteiger partial charge in [0.1, 0.15) is 0 Å². The summed E-state index contributed by atoms with van der Waals surface area (Å²) in [5.74, 6) is 0. The van der Waals surface area contributed by atoms with Gasteiger partial charge in [0.2, 0.25) is 0 Å². The minimum atomic E-state index is -0.0567. The molecular weight excluding hydrogens is 178 g/mol. The molecule has 0 aromatic heterocycles. The molecule has 1 aliphatic heterocycles. The Labute approximate surface area is 84.0 Å². The minimum absolute atomic E-state index is 0.0567. The van der Waals surface area contributed by atoms with Gasteiger partial charge in [-0.3, -0.25) is 0 Å². The number of nitrogens with one attached hydrogen (secondary N) is 1. The predicted molar refractivity (Wildman–Crippen MR) is 53.8 cm³/mol. The molecule has 1 saturated heterocycles. The van der Waals surface area contributed by atoms with Gasteiger partial charge >= 0.3 is 0 Å². The van der Waals surface area contributed by atoms with Crippen LogP contribution in [-0.2, 0) is 16.0 Å². The molecule has 3 heteroatoms. The lowest BCUT2D eigenvalue weighted by molar-refractivity contribution is -0.0392. The zero-order chi connectivity index (χ0) is 9.64. The van der Waals surface area contributed by atoms with Crippen molar-refractivity contribution in [2.24, 2.45) is 0 Å². The third-order valence-corrected chi connectivity index (χ3v) is 2.17. The molecule has 1 fully saturated rings. The first kappa shape index (κ1) is 9.65. The quantitative estimate of drug-likeness (QED) is 0.778. The normalized spacial score (nSPS) is 17.4. The summed E-state index contributed by atoms with van der Waals surface area (Å²) in [6, 6.07) is 10.3. The van der Waals surface area contributed by atoms with Crippen LogP contribution in [0.5, 0.6) is 0 Å². The Morgan fingerprint density at radius 3 is 2.57 bits per heavy atom. The van der Waals surface area contributed by atoms with Gasteiger partial charge in [0.15, 0.2) is 6.29 Å². The van der Waals surface area contributed by atoms with Crippen molar-refractivity contribution >= 4 is 0 Å². The van der Waals surface area contributed by atoms with E-state index in [4.69, 9.17) is 9.47 Å². The second kappa shape index (κ2) is 5.10. The van der Waals surface area contributed by atoms with E-state index in [2.05, 4.69) is 17.4 Å². The molecule has 0 aliphatic carbocycles. The van der Waals surface area contributed by atoms with E-state index in [-0.39, 0.29) is 6.29 Å². The Bertz CT molecular complexity index is 257. The molecule has 0 spiro atoms. The van der Waals surface area contributed by atoms with Crippen molar-refractivity contribution in [2.45, 2.75) is 12.8 Å².